The van der Waals surface area contributed by atoms with Gasteiger partial charge in [-0.2, -0.15) is 8.78 Å². The van der Waals surface area contributed by atoms with Crippen molar-refractivity contribution < 1.29 is 31.5 Å². The molecule has 150 valence electrons. The van der Waals surface area contributed by atoms with Crippen LogP contribution in [0.3, 0.4) is 0 Å². The molecule has 0 atom stereocenters. The van der Waals surface area contributed by atoms with E-state index in [1.807, 2.05) is 24.3 Å². The van der Waals surface area contributed by atoms with E-state index in [-0.39, 0.29) is 5.56 Å². The summed E-state index contributed by atoms with van der Waals surface area (Å²) in [5.74, 6) is -4.86. The molecular formula is C18H16BrF2NO5S. The molecule has 2 aromatic carbocycles. The van der Waals surface area contributed by atoms with Crippen molar-refractivity contribution >= 4 is 37.6 Å². The number of rotatable bonds is 7. The molecule has 0 unspecified atom stereocenters. The fraction of sp³-hybridized carbons (Fsp3) is 0.222. The average Bonchev–Trinajstić information content (AvgIpc) is 2.67. The third-order valence-corrected chi connectivity index (χ3v) is 5.67. The van der Waals surface area contributed by atoms with E-state index >= 15 is 0 Å². The highest BCUT2D eigenvalue weighted by molar-refractivity contribution is 9.10. The lowest BCUT2D eigenvalue weighted by molar-refractivity contribution is -0.133. The summed E-state index contributed by atoms with van der Waals surface area (Å²) in [4.78, 5) is 24.8. The Morgan fingerprint density at radius 1 is 1.07 bits per heavy atom. The number of amides is 1. The molecule has 0 aliphatic rings. The van der Waals surface area contributed by atoms with Gasteiger partial charge in [0.15, 0.2) is 6.61 Å². The molecule has 0 saturated heterocycles. The van der Waals surface area contributed by atoms with Crippen LogP contribution in [0.2, 0.25) is 0 Å². The summed E-state index contributed by atoms with van der Waals surface area (Å²) in [5.41, 5.74) is 0.831. The van der Waals surface area contributed by atoms with Gasteiger partial charge in [-0.1, -0.05) is 28.1 Å². The number of sulfone groups is 1. The molecule has 0 spiro atoms. The van der Waals surface area contributed by atoms with Crippen LogP contribution < -0.4 is 0 Å². The zero-order chi connectivity index (χ0) is 20.9. The minimum Gasteiger partial charge on any atom is -0.452 e. The first kappa shape index (κ1) is 22.0. The van der Waals surface area contributed by atoms with E-state index in [0.29, 0.717) is 6.54 Å². The van der Waals surface area contributed by atoms with Crippen molar-refractivity contribution in [3.8, 4) is 0 Å². The van der Waals surface area contributed by atoms with Gasteiger partial charge in [0, 0.05) is 18.1 Å². The van der Waals surface area contributed by atoms with E-state index < -0.39 is 39.0 Å². The number of ether oxygens (including phenoxy) is 1. The number of alkyl halides is 2. The molecule has 2 rings (SSSR count). The minimum atomic E-state index is -4.74. The van der Waals surface area contributed by atoms with Crippen LogP contribution in [0, 0.1) is 0 Å². The number of carbonyl (C=O) groups is 2. The maximum atomic E-state index is 12.5. The van der Waals surface area contributed by atoms with Crippen molar-refractivity contribution in [3.63, 3.8) is 0 Å². The SMILES string of the molecule is CN(Cc1ccc(Br)cc1)C(=O)COC(=O)c1ccc(S(=O)(=O)C(F)F)cc1. The number of carbonyl (C=O) groups excluding carboxylic acids is 2. The lowest BCUT2D eigenvalue weighted by Crippen LogP contribution is -2.30. The summed E-state index contributed by atoms with van der Waals surface area (Å²) in [7, 11) is -3.18. The van der Waals surface area contributed by atoms with Crippen molar-refractivity contribution in [1.29, 1.82) is 0 Å². The van der Waals surface area contributed by atoms with Gasteiger partial charge in [0.25, 0.3) is 5.91 Å². The van der Waals surface area contributed by atoms with E-state index in [1.165, 1.54) is 4.90 Å². The van der Waals surface area contributed by atoms with Gasteiger partial charge < -0.3 is 9.64 Å². The van der Waals surface area contributed by atoms with E-state index in [2.05, 4.69) is 15.9 Å². The summed E-state index contributed by atoms with van der Waals surface area (Å²) in [6, 6.07) is 11.2. The monoisotopic (exact) mass is 475 g/mol. The maximum Gasteiger partial charge on any atom is 0.341 e. The molecule has 0 fully saturated rings. The van der Waals surface area contributed by atoms with Gasteiger partial charge in [0.2, 0.25) is 9.84 Å². The van der Waals surface area contributed by atoms with E-state index in [9.17, 15) is 26.8 Å². The first-order chi connectivity index (χ1) is 13.1. The Kier molecular flexibility index (Phi) is 7.25. The zero-order valence-electron chi connectivity index (χ0n) is 14.6. The predicted molar refractivity (Wildman–Crippen MR) is 101 cm³/mol. The molecule has 0 saturated carbocycles. The van der Waals surface area contributed by atoms with Crippen LogP contribution in [-0.2, 0) is 25.9 Å². The molecular weight excluding hydrogens is 460 g/mol. The molecule has 10 heteroatoms. The number of hydrogen-bond acceptors (Lipinski definition) is 5. The van der Waals surface area contributed by atoms with Gasteiger partial charge in [0.05, 0.1) is 10.5 Å². The van der Waals surface area contributed by atoms with Crippen molar-refractivity contribution in [1.82, 2.24) is 4.90 Å². The quantitative estimate of drug-likeness (QED) is 0.574. The Labute approximate surface area is 169 Å². The van der Waals surface area contributed by atoms with E-state index in [0.717, 1.165) is 34.3 Å². The van der Waals surface area contributed by atoms with Gasteiger partial charge in [-0.3, -0.25) is 4.79 Å². The third-order valence-electron chi connectivity index (χ3n) is 3.74. The summed E-state index contributed by atoms with van der Waals surface area (Å²) >= 11 is 3.32. The lowest BCUT2D eigenvalue weighted by atomic mass is 10.2. The standard InChI is InChI=1S/C18H16BrF2NO5S/c1-22(10-12-2-6-14(19)7-3-12)16(23)11-27-17(24)13-4-8-15(9-5-13)28(25,26)18(20)21/h2-9,18H,10-11H2,1H3. The Balaban J connectivity index is 1.92. The molecule has 1 amide bonds. The van der Waals surface area contributed by atoms with Crippen LogP contribution in [0.25, 0.3) is 0 Å². The fourth-order valence-electron chi connectivity index (χ4n) is 2.16. The van der Waals surface area contributed by atoms with Gasteiger partial charge in [-0.05, 0) is 42.0 Å². The molecule has 0 aliphatic heterocycles. The summed E-state index contributed by atoms with van der Waals surface area (Å²) in [6.45, 7) is -0.188. The number of hydrogen-bond donors (Lipinski definition) is 0. The van der Waals surface area contributed by atoms with Gasteiger partial charge in [-0.15, -0.1) is 0 Å². The lowest BCUT2D eigenvalue weighted by Gasteiger charge is -2.17. The highest BCUT2D eigenvalue weighted by Crippen LogP contribution is 2.19. The van der Waals surface area contributed by atoms with E-state index in [1.54, 1.807) is 7.05 Å². The highest BCUT2D eigenvalue weighted by Gasteiger charge is 2.26. The summed E-state index contributed by atoms with van der Waals surface area (Å²) in [6.07, 6.45) is 0. The number of likely N-dealkylation sites (N-methyl/N-ethyl adjacent to an activating group) is 1. The van der Waals surface area contributed by atoms with Gasteiger partial charge >= 0.3 is 11.7 Å². The Hall–Kier alpha value is -2.33. The van der Waals surface area contributed by atoms with Crippen LogP contribution in [0.4, 0.5) is 8.78 Å². The van der Waals surface area contributed by atoms with Crippen LogP contribution in [-0.4, -0.2) is 44.6 Å². The van der Waals surface area contributed by atoms with Gasteiger partial charge in [-0.25, -0.2) is 13.2 Å². The third kappa shape index (κ3) is 5.59. The van der Waals surface area contributed by atoms with Crippen molar-refractivity contribution in [2.24, 2.45) is 0 Å². The Bertz CT molecular complexity index is 947. The molecule has 0 radical (unpaired) electrons. The molecule has 0 aliphatic carbocycles. The Morgan fingerprint density at radius 2 is 1.64 bits per heavy atom. The molecule has 0 N–H and O–H groups in total. The van der Waals surface area contributed by atoms with Crippen LogP contribution >= 0.6 is 15.9 Å². The molecule has 0 heterocycles. The second-order valence-corrected chi connectivity index (χ2v) is 8.62. The van der Waals surface area contributed by atoms with E-state index in [4.69, 9.17) is 4.74 Å². The Morgan fingerprint density at radius 3 is 2.18 bits per heavy atom. The molecule has 6 nitrogen and oxygen atoms in total. The second kappa shape index (κ2) is 9.24. The summed E-state index contributed by atoms with van der Waals surface area (Å²) < 4.78 is 53.5. The molecule has 0 aromatic heterocycles. The van der Waals surface area contributed by atoms with Crippen LogP contribution in [0.1, 0.15) is 15.9 Å². The average molecular weight is 476 g/mol. The first-order valence-electron chi connectivity index (χ1n) is 7.89. The number of benzene rings is 2. The van der Waals surface area contributed by atoms with Crippen LogP contribution in [0.5, 0.6) is 0 Å². The van der Waals surface area contributed by atoms with Crippen molar-refractivity contribution in [2.45, 2.75) is 17.2 Å². The molecule has 28 heavy (non-hydrogen) atoms. The number of nitrogens with zero attached hydrogens (tertiary/aromatic N) is 1. The normalized spacial score (nSPS) is 11.3. The predicted octanol–water partition coefficient (Wildman–Crippen LogP) is 3.26. The first-order valence-corrected chi connectivity index (χ1v) is 10.2. The highest BCUT2D eigenvalue weighted by atomic mass is 79.9. The topological polar surface area (TPSA) is 80.8 Å². The van der Waals surface area contributed by atoms with Crippen molar-refractivity contribution in [3.05, 3.63) is 64.1 Å². The largest absolute Gasteiger partial charge is 0.452 e. The molecule has 2 aromatic rings. The van der Waals surface area contributed by atoms with Crippen molar-refractivity contribution in [2.75, 3.05) is 13.7 Å². The summed E-state index contributed by atoms with van der Waals surface area (Å²) in [5, 5.41) is 0. The second-order valence-electron chi connectivity index (χ2n) is 5.78. The number of esters is 1. The van der Waals surface area contributed by atoms with Gasteiger partial charge in [0.1, 0.15) is 0 Å². The minimum absolute atomic E-state index is 0.0587. The smallest absolute Gasteiger partial charge is 0.341 e. The van der Waals surface area contributed by atoms with Crippen LogP contribution in [0.15, 0.2) is 57.9 Å². The number of halogens is 3. The zero-order valence-corrected chi connectivity index (χ0v) is 17.0. The maximum absolute atomic E-state index is 12.5. The fourth-order valence-corrected chi connectivity index (χ4v) is 3.14. The molecule has 0 bridgehead atoms.